The summed E-state index contributed by atoms with van der Waals surface area (Å²) < 4.78 is 6.32. The molecule has 1 heterocycles. The van der Waals surface area contributed by atoms with E-state index < -0.39 is 0 Å². The van der Waals surface area contributed by atoms with Crippen molar-refractivity contribution in [2.75, 3.05) is 4.90 Å². The van der Waals surface area contributed by atoms with Crippen LogP contribution in [0.5, 0.6) is 5.75 Å². The number of rotatable bonds is 5. The van der Waals surface area contributed by atoms with Crippen molar-refractivity contribution in [3.8, 4) is 28.0 Å². The summed E-state index contributed by atoms with van der Waals surface area (Å²) in [5, 5.41) is 0. The average molecular weight is 616 g/mol. The zero-order valence-corrected chi connectivity index (χ0v) is 26.7. The van der Waals surface area contributed by atoms with Crippen LogP contribution in [0.1, 0.15) is 40.7 Å². The molecule has 0 saturated heterocycles. The molecule has 0 amide bonds. The lowest BCUT2D eigenvalue weighted by Crippen LogP contribution is -2.22. The topological polar surface area (TPSA) is 12.5 Å². The van der Waals surface area contributed by atoms with Crippen molar-refractivity contribution in [2.24, 2.45) is 0 Å². The van der Waals surface area contributed by atoms with E-state index in [0.29, 0.717) is 0 Å². The van der Waals surface area contributed by atoms with Crippen LogP contribution in [0.4, 0.5) is 11.4 Å². The van der Waals surface area contributed by atoms with Crippen LogP contribution < -0.4 is 9.64 Å². The van der Waals surface area contributed by atoms with Crippen LogP contribution in [0.25, 0.3) is 33.4 Å². The number of fused-ring (bicyclic) bond motifs is 7. The van der Waals surface area contributed by atoms with E-state index in [2.05, 4.69) is 152 Å². The number of para-hydroxylation sites is 2. The summed E-state index contributed by atoms with van der Waals surface area (Å²) in [4.78, 5) is 2.29. The van der Waals surface area contributed by atoms with Crippen LogP contribution >= 0.6 is 0 Å². The second-order valence-corrected chi connectivity index (χ2v) is 12.5. The van der Waals surface area contributed by atoms with Crippen molar-refractivity contribution >= 4 is 22.5 Å². The fourth-order valence-electron chi connectivity index (χ4n) is 7.87. The lowest BCUT2D eigenvalue weighted by atomic mass is 9.79. The standard InChI is InChI=1S/C46H33NO/c1-3-4-24-42-30(2)47(41-23-13-14-25-43(41)48-42)32-28-26-31(27-29-32)44(45-37-19-9-5-15-33(37)34-16-6-10-20-38(34)45)46-39-21-11-7-17-35(39)36-18-8-12-22-40(36)46/h3-29,45H,1H2,2H3/b24-4-. The Morgan fingerprint density at radius 2 is 1.12 bits per heavy atom. The van der Waals surface area contributed by atoms with E-state index in [1.807, 2.05) is 24.3 Å². The van der Waals surface area contributed by atoms with E-state index in [9.17, 15) is 0 Å². The second-order valence-electron chi connectivity index (χ2n) is 12.5. The van der Waals surface area contributed by atoms with Gasteiger partial charge >= 0.3 is 0 Å². The second kappa shape index (κ2) is 11.3. The molecule has 0 radical (unpaired) electrons. The lowest BCUT2D eigenvalue weighted by Gasteiger charge is -2.33. The molecular formula is C46H33NO. The number of hydrogen-bond donors (Lipinski definition) is 0. The van der Waals surface area contributed by atoms with Gasteiger partial charge in [-0.3, -0.25) is 0 Å². The first-order valence-electron chi connectivity index (χ1n) is 16.5. The van der Waals surface area contributed by atoms with Gasteiger partial charge in [0.05, 0.1) is 11.4 Å². The van der Waals surface area contributed by atoms with Crippen LogP contribution in [0.3, 0.4) is 0 Å². The summed E-state index contributed by atoms with van der Waals surface area (Å²) >= 11 is 0. The van der Waals surface area contributed by atoms with Crippen LogP contribution in [0.15, 0.2) is 182 Å². The Bertz CT molecular complexity index is 2260. The van der Waals surface area contributed by atoms with Gasteiger partial charge in [-0.15, -0.1) is 0 Å². The maximum atomic E-state index is 6.32. The summed E-state index contributed by atoms with van der Waals surface area (Å²) in [5.74, 6) is 1.72. The first kappa shape index (κ1) is 28.1. The van der Waals surface area contributed by atoms with Gasteiger partial charge in [-0.05, 0) is 98.5 Å². The first-order chi connectivity index (χ1) is 23.7. The van der Waals surface area contributed by atoms with Crippen LogP contribution in [0, 0.1) is 0 Å². The maximum Gasteiger partial charge on any atom is 0.151 e. The molecule has 9 rings (SSSR count). The largest absolute Gasteiger partial charge is 0.453 e. The molecule has 0 fully saturated rings. The van der Waals surface area contributed by atoms with E-state index in [1.165, 1.54) is 61.2 Å². The van der Waals surface area contributed by atoms with Crippen molar-refractivity contribution < 1.29 is 4.74 Å². The molecule has 2 aliphatic carbocycles. The first-order valence-corrected chi connectivity index (χ1v) is 16.5. The molecular weight excluding hydrogens is 583 g/mol. The minimum absolute atomic E-state index is 0.0823. The van der Waals surface area contributed by atoms with E-state index >= 15 is 0 Å². The monoisotopic (exact) mass is 615 g/mol. The Hall–Kier alpha value is -6.12. The van der Waals surface area contributed by atoms with Gasteiger partial charge in [0.1, 0.15) is 5.76 Å². The van der Waals surface area contributed by atoms with Gasteiger partial charge in [-0.2, -0.15) is 0 Å². The molecule has 0 spiro atoms. The Balaban J connectivity index is 1.28. The van der Waals surface area contributed by atoms with E-state index in [0.717, 1.165) is 28.6 Å². The zero-order valence-electron chi connectivity index (χ0n) is 26.7. The normalized spacial score (nSPS) is 14.3. The summed E-state index contributed by atoms with van der Waals surface area (Å²) in [6.45, 7) is 5.97. The Kier molecular flexibility index (Phi) is 6.62. The highest BCUT2D eigenvalue weighted by molar-refractivity contribution is 6.13. The van der Waals surface area contributed by atoms with Gasteiger partial charge in [0.25, 0.3) is 0 Å². The average Bonchev–Trinajstić information content (AvgIpc) is 3.65. The van der Waals surface area contributed by atoms with Crippen molar-refractivity contribution in [1.29, 1.82) is 0 Å². The number of benzene rings is 6. The molecule has 0 N–H and O–H groups in total. The number of allylic oxidation sites excluding steroid dienone is 5. The van der Waals surface area contributed by atoms with Gasteiger partial charge < -0.3 is 9.64 Å². The fraction of sp³-hybridized carbons (Fsp3) is 0.0435. The number of anilines is 2. The molecule has 0 atom stereocenters. The Morgan fingerprint density at radius 3 is 1.73 bits per heavy atom. The fourth-order valence-corrected chi connectivity index (χ4v) is 7.87. The molecule has 48 heavy (non-hydrogen) atoms. The van der Waals surface area contributed by atoms with Gasteiger partial charge in [0.2, 0.25) is 0 Å². The number of hydrogen-bond acceptors (Lipinski definition) is 2. The SMILES string of the molecule is C=C/C=C\C1=C(C)N(c2ccc(C(=C3c4ccccc4-c4ccccc43)C3c4ccccc4-c4ccccc43)cc2)c2ccccc2O1. The third-order valence-corrected chi connectivity index (χ3v) is 9.91. The molecule has 2 heteroatoms. The maximum absolute atomic E-state index is 6.32. The summed E-state index contributed by atoms with van der Waals surface area (Å²) in [6, 6.07) is 53.0. The number of ether oxygens (including phenoxy) is 1. The van der Waals surface area contributed by atoms with Crippen LogP contribution in [0.2, 0.25) is 0 Å². The van der Waals surface area contributed by atoms with Crippen molar-refractivity contribution in [3.63, 3.8) is 0 Å². The molecule has 3 aliphatic rings. The third kappa shape index (κ3) is 4.27. The van der Waals surface area contributed by atoms with E-state index in [-0.39, 0.29) is 5.92 Å². The molecule has 1 aliphatic heterocycles. The number of nitrogens with zero attached hydrogens (tertiary/aromatic N) is 1. The molecule has 228 valence electrons. The molecule has 6 aromatic rings. The minimum atomic E-state index is 0.0823. The van der Waals surface area contributed by atoms with Gasteiger partial charge in [0, 0.05) is 11.6 Å². The van der Waals surface area contributed by atoms with Crippen LogP contribution in [-0.4, -0.2) is 0 Å². The molecule has 0 bridgehead atoms. The lowest BCUT2D eigenvalue weighted by molar-refractivity contribution is 0.428. The molecule has 2 nitrogen and oxygen atoms in total. The summed E-state index contributed by atoms with van der Waals surface area (Å²) in [6.07, 6.45) is 5.67. The highest BCUT2D eigenvalue weighted by Gasteiger charge is 2.36. The predicted octanol–water partition coefficient (Wildman–Crippen LogP) is 11.9. The molecule has 6 aromatic carbocycles. The third-order valence-electron chi connectivity index (χ3n) is 9.91. The van der Waals surface area contributed by atoms with Gasteiger partial charge in [-0.25, -0.2) is 0 Å². The smallest absolute Gasteiger partial charge is 0.151 e. The highest BCUT2D eigenvalue weighted by atomic mass is 16.5. The minimum Gasteiger partial charge on any atom is -0.453 e. The van der Waals surface area contributed by atoms with Gasteiger partial charge in [-0.1, -0.05) is 140 Å². The van der Waals surface area contributed by atoms with Crippen molar-refractivity contribution in [3.05, 3.63) is 210 Å². The summed E-state index contributed by atoms with van der Waals surface area (Å²) in [7, 11) is 0. The highest BCUT2D eigenvalue weighted by Crippen LogP contribution is 2.56. The summed E-state index contributed by atoms with van der Waals surface area (Å²) in [5.41, 5.74) is 17.5. The van der Waals surface area contributed by atoms with Gasteiger partial charge in [0.15, 0.2) is 5.75 Å². The molecule has 0 saturated carbocycles. The predicted molar refractivity (Wildman–Crippen MR) is 199 cm³/mol. The molecule has 0 aromatic heterocycles. The van der Waals surface area contributed by atoms with E-state index in [1.54, 1.807) is 6.08 Å². The zero-order chi connectivity index (χ0) is 32.2. The Morgan fingerprint density at radius 1 is 0.604 bits per heavy atom. The Labute approximate surface area is 281 Å². The van der Waals surface area contributed by atoms with Crippen LogP contribution in [-0.2, 0) is 0 Å². The van der Waals surface area contributed by atoms with Crippen molar-refractivity contribution in [1.82, 2.24) is 0 Å². The quantitative estimate of drug-likeness (QED) is 0.179. The molecule has 0 unspecified atom stereocenters. The van der Waals surface area contributed by atoms with E-state index in [4.69, 9.17) is 4.74 Å². The van der Waals surface area contributed by atoms with Crippen molar-refractivity contribution in [2.45, 2.75) is 12.8 Å².